The van der Waals surface area contributed by atoms with Crippen molar-refractivity contribution in [3.63, 3.8) is 0 Å². The molecule has 0 spiro atoms. The maximum Gasteiger partial charge on any atom is 0.0189 e. The van der Waals surface area contributed by atoms with Gasteiger partial charge in [0.05, 0.1) is 0 Å². The van der Waals surface area contributed by atoms with Crippen LogP contribution in [-0.4, -0.2) is 4.75 Å². The molecule has 0 fully saturated rings. The minimum absolute atomic E-state index is 0.340. The molecule has 2 aromatic rings. The van der Waals surface area contributed by atoms with Crippen LogP contribution in [0.25, 0.3) is 0 Å². The van der Waals surface area contributed by atoms with E-state index in [2.05, 4.69) is 63.2 Å². The fourth-order valence-electron chi connectivity index (χ4n) is 3.17. The summed E-state index contributed by atoms with van der Waals surface area (Å²) in [5, 5.41) is 0. The van der Waals surface area contributed by atoms with Gasteiger partial charge in [0.2, 0.25) is 0 Å². The van der Waals surface area contributed by atoms with Gasteiger partial charge in [-0.25, -0.2) is 0 Å². The molecule has 0 amide bonds. The maximum atomic E-state index is 2.44. The van der Waals surface area contributed by atoms with E-state index >= 15 is 0 Å². The van der Waals surface area contributed by atoms with Crippen LogP contribution in [0.3, 0.4) is 0 Å². The van der Waals surface area contributed by atoms with Crippen molar-refractivity contribution < 1.29 is 0 Å². The van der Waals surface area contributed by atoms with Gasteiger partial charge < -0.3 is 0 Å². The lowest BCUT2D eigenvalue weighted by molar-refractivity contribution is 0.802. The fourth-order valence-corrected chi connectivity index (χ4v) is 3.96. The summed E-state index contributed by atoms with van der Waals surface area (Å²) in [6, 6.07) is 16.4. The van der Waals surface area contributed by atoms with E-state index in [4.69, 9.17) is 0 Å². The molecule has 0 unspecified atom stereocenters. The predicted molar refractivity (Wildman–Crippen MR) is 103 cm³/mol. The minimum atomic E-state index is 0.340. The molecule has 1 heteroatoms. The van der Waals surface area contributed by atoms with Gasteiger partial charge in [-0.1, -0.05) is 63.2 Å². The molecule has 3 rings (SSSR count). The van der Waals surface area contributed by atoms with Crippen molar-refractivity contribution in [2.24, 2.45) is 0 Å². The number of rotatable bonds is 5. The first kappa shape index (κ1) is 16.6. The van der Waals surface area contributed by atoms with Crippen molar-refractivity contribution >= 4 is 11.8 Å². The van der Waals surface area contributed by atoms with Crippen LogP contribution in [0, 0.1) is 0 Å². The Morgan fingerprint density at radius 3 is 2.13 bits per heavy atom. The summed E-state index contributed by atoms with van der Waals surface area (Å²) in [5.41, 5.74) is 7.56. The summed E-state index contributed by atoms with van der Waals surface area (Å²) in [6.07, 6.45) is 6.20. The molecular formula is C22H28S. The Bertz CT molecular complexity index is 647. The third kappa shape index (κ3) is 4.88. The zero-order chi connectivity index (χ0) is 16.3. The van der Waals surface area contributed by atoms with Crippen LogP contribution in [0.1, 0.15) is 55.0 Å². The van der Waals surface area contributed by atoms with Gasteiger partial charge in [-0.2, -0.15) is 11.8 Å². The fraction of sp³-hybridized carbons (Fsp3) is 0.455. The van der Waals surface area contributed by atoms with Gasteiger partial charge in [0.15, 0.2) is 0 Å². The predicted octanol–water partition coefficient (Wildman–Crippen LogP) is 5.99. The number of hydrogen-bond acceptors (Lipinski definition) is 1. The molecular weight excluding hydrogens is 296 g/mol. The van der Waals surface area contributed by atoms with Crippen LogP contribution in [0.5, 0.6) is 0 Å². The molecule has 0 atom stereocenters. The van der Waals surface area contributed by atoms with E-state index in [1.54, 1.807) is 11.1 Å². The maximum absolute atomic E-state index is 2.44. The normalized spacial score (nSPS) is 14.0. The molecule has 0 aliphatic heterocycles. The number of fused-ring (bicyclic) bond motifs is 1. The molecule has 0 saturated carbocycles. The third-order valence-electron chi connectivity index (χ3n) is 4.56. The first-order chi connectivity index (χ1) is 11.0. The lowest BCUT2D eigenvalue weighted by Gasteiger charge is -2.17. The molecule has 0 bridgehead atoms. The lowest BCUT2D eigenvalue weighted by Crippen LogP contribution is -2.07. The van der Waals surface area contributed by atoms with E-state index in [-0.39, 0.29) is 0 Å². The largest absolute Gasteiger partial charge is 0.151 e. The molecule has 23 heavy (non-hydrogen) atoms. The molecule has 0 N–H and O–H groups in total. The summed E-state index contributed by atoms with van der Waals surface area (Å²) in [7, 11) is 0. The summed E-state index contributed by atoms with van der Waals surface area (Å²) >= 11 is 2.01. The van der Waals surface area contributed by atoms with Gasteiger partial charge in [0.1, 0.15) is 0 Å². The first-order valence-corrected chi connectivity index (χ1v) is 9.81. The summed E-state index contributed by atoms with van der Waals surface area (Å²) in [4.78, 5) is 0. The SMILES string of the molecule is CC(C)(C)SCc1ccc(CCc2ccc3c(c2)CCC3)cc1. The standard InChI is InChI=1S/C22H28S/c1-22(2,3)23-16-19-11-8-17(9-12-19)7-10-18-13-14-20-5-4-6-21(20)15-18/h8-9,11-15H,4-7,10,16H2,1-3H3. The van der Waals surface area contributed by atoms with Gasteiger partial charge >= 0.3 is 0 Å². The molecule has 1 aliphatic carbocycles. The average molecular weight is 325 g/mol. The van der Waals surface area contributed by atoms with Crippen LogP contribution < -0.4 is 0 Å². The van der Waals surface area contributed by atoms with Gasteiger partial charge in [0, 0.05) is 10.5 Å². The Hall–Kier alpha value is -1.21. The van der Waals surface area contributed by atoms with Gasteiger partial charge in [-0.05, 0) is 59.9 Å². The average Bonchev–Trinajstić information content (AvgIpc) is 2.99. The van der Waals surface area contributed by atoms with Crippen molar-refractivity contribution in [3.05, 3.63) is 70.3 Å². The number of hydrogen-bond donors (Lipinski definition) is 0. The molecule has 0 saturated heterocycles. The molecule has 0 aromatic heterocycles. The van der Waals surface area contributed by atoms with Crippen LogP contribution in [-0.2, 0) is 31.4 Å². The van der Waals surface area contributed by atoms with E-state index in [0.717, 1.165) is 18.6 Å². The van der Waals surface area contributed by atoms with Gasteiger partial charge in [-0.3, -0.25) is 0 Å². The zero-order valence-corrected chi connectivity index (χ0v) is 15.5. The summed E-state index contributed by atoms with van der Waals surface area (Å²) in [6.45, 7) is 6.84. The first-order valence-electron chi connectivity index (χ1n) is 8.82. The Morgan fingerprint density at radius 2 is 1.39 bits per heavy atom. The van der Waals surface area contributed by atoms with E-state index in [1.807, 2.05) is 11.8 Å². The van der Waals surface area contributed by atoms with Crippen molar-refractivity contribution in [3.8, 4) is 0 Å². The highest BCUT2D eigenvalue weighted by Crippen LogP contribution is 2.27. The highest BCUT2D eigenvalue weighted by molar-refractivity contribution is 7.99. The number of aryl methyl sites for hydroxylation is 4. The molecule has 2 aromatic carbocycles. The van der Waals surface area contributed by atoms with E-state index in [9.17, 15) is 0 Å². The summed E-state index contributed by atoms with van der Waals surface area (Å²) < 4.78 is 0.340. The Balaban J connectivity index is 1.54. The third-order valence-corrected chi connectivity index (χ3v) is 5.90. The highest BCUT2D eigenvalue weighted by atomic mass is 32.2. The van der Waals surface area contributed by atoms with E-state index in [0.29, 0.717) is 4.75 Å². The smallest absolute Gasteiger partial charge is 0.0189 e. The highest BCUT2D eigenvalue weighted by Gasteiger charge is 2.11. The zero-order valence-electron chi connectivity index (χ0n) is 14.7. The van der Waals surface area contributed by atoms with Crippen molar-refractivity contribution in [1.82, 2.24) is 0 Å². The molecule has 0 heterocycles. The van der Waals surface area contributed by atoms with Crippen LogP contribution >= 0.6 is 11.8 Å². The molecule has 122 valence electrons. The monoisotopic (exact) mass is 324 g/mol. The van der Waals surface area contributed by atoms with E-state index < -0.39 is 0 Å². The number of thioether (sulfide) groups is 1. The number of benzene rings is 2. The van der Waals surface area contributed by atoms with Crippen LogP contribution in [0.2, 0.25) is 0 Å². The van der Waals surface area contributed by atoms with Crippen LogP contribution in [0.4, 0.5) is 0 Å². The molecule has 0 nitrogen and oxygen atoms in total. The van der Waals surface area contributed by atoms with Crippen LogP contribution in [0.15, 0.2) is 42.5 Å². The second-order valence-corrected chi connectivity index (χ2v) is 9.48. The molecule has 1 aliphatic rings. The van der Waals surface area contributed by atoms with Gasteiger partial charge in [-0.15, -0.1) is 0 Å². The Morgan fingerprint density at radius 1 is 0.783 bits per heavy atom. The quantitative estimate of drug-likeness (QED) is 0.650. The second kappa shape index (κ2) is 7.13. The minimum Gasteiger partial charge on any atom is -0.151 e. The Kier molecular flexibility index (Phi) is 5.16. The second-order valence-electron chi connectivity index (χ2n) is 7.67. The van der Waals surface area contributed by atoms with Crippen molar-refractivity contribution in [1.29, 1.82) is 0 Å². The van der Waals surface area contributed by atoms with Gasteiger partial charge in [0.25, 0.3) is 0 Å². The Labute approximate surface area is 145 Å². The lowest BCUT2D eigenvalue weighted by atomic mass is 10.00. The summed E-state index contributed by atoms with van der Waals surface area (Å²) in [5.74, 6) is 1.11. The molecule has 0 radical (unpaired) electrons. The van der Waals surface area contributed by atoms with E-state index in [1.165, 1.54) is 36.0 Å². The topological polar surface area (TPSA) is 0 Å². The van der Waals surface area contributed by atoms with Crippen molar-refractivity contribution in [2.45, 2.75) is 63.4 Å². The van der Waals surface area contributed by atoms with Crippen molar-refractivity contribution in [2.75, 3.05) is 0 Å².